The first-order valence-corrected chi connectivity index (χ1v) is 5.90. The first-order chi connectivity index (χ1) is 7.31. The molecule has 0 aliphatic heterocycles. The number of pyridine rings is 1. The number of rotatable bonds is 4. The Labute approximate surface area is 92.3 Å². The topological polar surface area (TPSA) is 50.4 Å². The number of nitrogens with zero attached hydrogens (tertiary/aromatic N) is 3. The lowest BCUT2D eigenvalue weighted by atomic mass is 10.3. The van der Waals surface area contributed by atoms with Gasteiger partial charge in [-0.3, -0.25) is 4.40 Å². The van der Waals surface area contributed by atoms with Crippen molar-refractivity contribution in [2.24, 2.45) is 0 Å². The lowest BCUT2D eigenvalue weighted by Crippen LogP contribution is -2.07. The molecule has 0 aromatic carbocycles. The van der Waals surface area contributed by atoms with Crippen LogP contribution in [-0.4, -0.2) is 31.6 Å². The summed E-state index contributed by atoms with van der Waals surface area (Å²) in [6.45, 7) is 1.97. The van der Waals surface area contributed by atoms with E-state index in [1.54, 1.807) is 0 Å². The van der Waals surface area contributed by atoms with Gasteiger partial charge < -0.3 is 5.11 Å². The van der Waals surface area contributed by atoms with E-state index in [0.29, 0.717) is 5.75 Å². The molecule has 0 amide bonds. The van der Waals surface area contributed by atoms with Crippen molar-refractivity contribution in [3.05, 3.63) is 24.4 Å². The molecule has 0 bridgehead atoms. The monoisotopic (exact) mass is 223 g/mol. The minimum atomic E-state index is -0.272. The number of aliphatic hydroxyl groups excluding tert-OH is 1. The van der Waals surface area contributed by atoms with Crippen molar-refractivity contribution in [2.75, 3.05) is 5.75 Å². The highest BCUT2D eigenvalue weighted by atomic mass is 32.2. The fraction of sp³-hybridized carbons (Fsp3) is 0.400. The summed E-state index contributed by atoms with van der Waals surface area (Å²) in [6.07, 6.45) is 2.42. The molecule has 1 unspecified atom stereocenters. The van der Waals surface area contributed by atoms with E-state index in [9.17, 15) is 5.11 Å². The van der Waals surface area contributed by atoms with E-state index < -0.39 is 0 Å². The zero-order chi connectivity index (χ0) is 10.7. The van der Waals surface area contributed by atoms with Crippen LogP contribution in [0.25, 0.3) is 5.65 Å². The smallest absolute Gasteiger partial charge is 0.195 e. The summed E-state index contributed by atoms with van der Waals surface area (Å²) in [7, 11) is 0. The predicted molar refractivity (Wildman–Crippen MR) is 60.0 cm³/mol. The van der Waals surface area contributed by atoms with Crippen LogP contribution in [0.5, 0.6) is 0 Å². The summed E-state index contributed by atoms with van der Waals surface area (Å²) >= 11 is 1.53. The average Bonchev–Trinajstić information content (AvgIpc) is 2.69. The van der Waals surface area contributed by atoms with Gasteiger partial charge in [0.2, 0.25) is 0 Å². The van der Waals surface area contributed by atoms with Gasteiger partial charge in [0.1, 0.15) is 0 Å². The third-order valence-electron chi connectivity index (χ3n) is 2.16. The van der Waals surface area contributed by atoms with Crippen molar-refractivity contribution >= 4 is 17.4 Å². The highest BCUT2D eigenvalue weighted by Gasteiger charge is 2.07. The summed E-state index contributed by atoms with van der Waals surface area (Å²) in [4.78, 5) is 0. The maximum absolute atomic E-state index is 9.45. The van der Waals surface area contributed by atoms with Crippen LogP contribution in [0.4, 0.5) is 0 Å². The Morgan fingerprint density at radius 3 is 3.13 bits per heavy atom. The van der Waals surface area contributed by atoms with Gasteiger partial charge in [0, 0.05) is 11.9 Å². The second-order valence-corrected chi connectivity index (χ2v) is 4.27. The van der Waals surface area contributed by atoms with Gasteiger partial charge in [0.25, 0.3) is 0 Å². The Morgan fingerprint density at radius 1 is 1.47 bits per heavy atom. The second-order valence-electron chi connectivity index (χ2n) is 3.28. The molecule has 4 nitrogen and oxygen atoms in total. The largest absolute Gasteiger partial charge is 0.392 e. The third kappa shape index (κ3) is 2.30. The molecule has 0 saturated heterocycles. The van der Waals surface area contributed by atoms with Crippen LogP contribution in [0, 0.1) is 0 Å². The third-order valence-corrected chi connectivity index (χ3v) is 3.25. The van der Waals surface area contributed by atoms with Crippen LogP contribution in [0.1, 0.15) is 13.3 Å². The molecule has 5 heteroatoms. The summed E-state index contributed by atoms with van der Waals surface area (Å²) in [5.41, 5.74) is 0.839. The van der Waals surface area contributed by atoms with Gasteiger partial charge in [-0.15, -0.1) is 10.2 Å². The van der Waals surface area contributed by atoms with Crippen LogP contribution in [0.2, 0.25) is 0 Å². The summed E-state index contributed by atoms with van der Waals surface area (Å²) in [5.74, 6) is 0.659. The van der Waals surface area contributed by atoms with Crippen molar-refractivity contribution in [1.82, 2.24) is 14.6 Å². The lowest BCUT2D eigenvalue weighted by molar-refractivity contribution is 0.195. The van der Waals surface area contributed by atoms with E-state index in [1.165, 1.54) is 11.8 Å². The Kier molecular flexibility index (Phi) is 3.23. The summed E-state index contributed by atoms with van der Waals surface area (Å²) < 4.78 is 1.92. The average molecular weight is 223 g/mol. The van der Waals surface area contributed by atoms with E-state index in [0.717, 1.165) is 17.2 Å². The number of fused-ring (bicyclic) bond motifs is 1. The first-order valence-electron chi connectivity index (χ1n) is 4.92. The molecular weight excluding hydrogens is 210 g/mol. The van der Waals surface area contributed by atoms with Crippen molar-refractivity contribution < 1.29 is 5.11 Å². The van der Waals surface area contributed by atoms with Crippen molar-refractivity contribution in [3.63, 3.8) is 0 Å². The number of thioether (sulfide) groups is 1. The molecule has 15 heavy (non-hydrogen) atoms. The van der Waals surface area contributed by atoms with Crippen LogP contribution >= 0.6 is 11.8 Å². The molecular formula is C10H13N3OS. The van der Waals surface area contributed by atoms with E-state index >= 15 is 0 Å². The van der Waals surface area contributed by atoms with Crippen LogP contribution in [0.3, 0.4) is 0 Å². The summed E-state index contributed by atoms with van der Waals surface area (Å²) in [5, 5.41) is 18.4. The standard InChI is InChI=1S/C10H13N3OS/c1-2-8(14)7-15-10-12-11-9-5-3-4-6-13(9)10/h3-6,8,14H,2,7H2,1H3. The van der Waals surface area contributed by atoms with Gasteiger partial charge in [0.05, 0.1) is 6.10 Å². The Morgan fingerprint density at radius 2 is 2.33 bits per heavy atom. The van der Waals surface area contributed by atoms with Crippen LogP contribution < -0.4 is 0 Å². The summed E-state index contributed by atoms with van der Waals surface area (Å²) in [6, 6.07) is 5.78. The van der Waals surface area contributed by atoms with Gasteiger partial charge in [-0.1, -0.05) is 24.8 Å². The molecule has 80 valence electrons. The Hall–Kier alpha value is -1.07. The minimum Gasteiger partial charge on any atom is -0.392 e. The molecule has 0 fully saturated rings. The van der Waals surface area contributed by atoms with Gasteiger partial charge >= 0.3 is 0 Å². The fourth-order valence-electron chi connectivity index (χ4n) is 1.21. The number of hydrogen-bond acceptors (Lipinski definition) is 4. The molecule has 1 N–H and O–H groups in total. The van der Waals surface area contributed by atoms with Crippen molar-refractivity contribution in [3.8, 4) is 0 Å². The normalized spacial score (nSPS) is 13.2. The van der Waals surface area contributed by atoms with E-state index in [2.05, 4.69) is 10.2 Å². The zero-order valence-corrected chi connectivity index (χ0v) is 9.31. The zero-order valence-electron chi connectivity index (χ0n) is 8.50. The molecule has 2 aromatic heterocycles. The predicted octanol–water partition coefficient (Wildman–Crippen LogP) is 1.59. The quantitative estimate of drug-likeness (QED) is 0.800. The molecule has 0 radical (unpaired) electrons. The van der Waals surface area contributed by atoms with Gasteiger partial charge in [0.15, 0.2) is 10.8 Å². The highest BCUT2D eigenvalue weighted by Crippen LogP contribution is 2.17. The van der Waals surface area contributed by atoms with Crippen molar-refractivity contribution in [1.29, 1.82) is 0 Å². The highest BCUT2D eigenvalue weighted by molar-refractivity contribution is 7.99. The van der Waals surface area contributed by atoms with Gasteiger partial charge in [-0.05, 0) is 18.6 Å². The number of aliphatic hydroxyl groups is 1. The first kappa shape index (κ1) is 10.4. The molecule has 0 spiro atoms. The maximum Gasteiger partial charge on any atom is 0.195 e. The molecule has 0 aliphatic rings. The second kappa shape index (κ2) is 4.63. The number of aromatic nitrogens is 3. The Bertz CT molecular complexity index is 443. The molecule has 0 aliphatic carbocycles. The van der Waals surface area contributed by atoms with E-state index in [4.69, 9.17) is 0 Å². The van der Waals surface area contributed by atoms with E-state index in [1.807, 2.05) is 35.7 Å². The molecule has 2 rings (SSSR count). The Balaban J connectivity index is 2.14. The number of hydrogen-bond donors (Lipinski definition) is 1. The maximum atomic E-state index is 9.45. The van der Waals surface area contributed by atoms with Gasteiger partial charge in [-0.25, -0.2) is 0 Å². The minimum absolute atomic E-state index is 0.272. The lowest BCUT2D eigenvalue weighted by Gasteiger charge is -2.05. The fourth-order valence-corrected chi connectivity index (χ4v) is 2.18. The SMILES string of the molecule is CCC(O)CSc1nnc2ccccn12. The van der Waals surface area contributed by atoms with E-state index in [-0.39, 0.29) is 6.10 Å². The molecule has 0 saturated carbocycles. The van der Waals surface area contributed by atoms with Crippen LogP contribution in [0.15, 0.2) is 29.6 Å². The van der Waals surface area contributed by atoms with Gasteiger partial charge in [-0.2, -0.15) is 0 Å². The van der Waals surface area contributed by atoms with Crippen LogP contribution in [-0.2, 0) is 0 Å². The van der Waals surface area contributed by atoms with Crippen molar-refractivity contribution in [2.45, 2.75) is 24.6 Å². The molecule has 2 aromatic rings. The molecule has 1 atom stereocenters. The molecule has 2 heterocycles.